The maximum absolute atomic E-state index is 13.3. The number of halogens is 1. The van der Waals surface area contributed by atoms with E-state index in [0.717, 1.165) is 29.5 Å². The number of sulfonamides is 1. The van der Waals surface area contributed by atoms with E-state index in [1.807, 2.05) is 51.1 Å². The van der Waals surface area contributed by atoms with Crippen LogP contribution in [0.3, 0.4) is 0 Å². The molecule has 0 radical (unpaired) electrons. The summed E-state index contributed by atoms with van der Waals surface area (Å²) in [5.74, 6) is -0.421. The second-order valence-electron chi connectivity index (χ2n) is 9.25. The number of carbonyl (C=O) groups excluding carboxylic acids is 2. The third-order valence-corrected chi connectivity index (χ3v) is 7.36. The number of benzene rings is 2. The summed E-state index contributed by atoms with van der Waals surface area (Å²) in [6, 6.07) is 12.1. The Bertz CT molecular complexity index is 1120. The molecular weight excluding hydrogens is 498 g/mol. The van der Waals surface area contributed by atoms with Gasteiger partial charge in [-0.15, -0.1) is 0 Å². The second kappa shape index (κ2) is 13.7. The molecule has 0 saturated carbocycles. The molecule has 9 heteroatoms. The molecular formula is C27H38ClN3O4S. The van der Waals surface area contributed by atoms with Crippen molar-refractivity contribution in [1.29, 1.82) is 0 Å². The molecule has 1 atom stereocenters. The number of nitrogens with zero attached hydrogens (tertiary/aromatic N) is 2. The quantitative estimate of drug-likeness (QED) is 0.372. The maximum Gasteiger partial charge on any atom is 0.242 e. The molecule has 2 amide bonds. The highest BCUT2D eigenvalue weighted by atomic mass is 35.5. The Balaban J connectivity index is 2.16. The molecule has 0 saturated heterocycles. The number of hydrogen-bond acceptors (Lipinski definition) is 4. The summed E-state index contributed by atoms with van der Waals surface area (Å²) in [7, 11) is -3.53. The van der Waals surface area contributed by atoms with Gasteiger partial charge in [0, 0.05) is 31.1 Å². The molecule has 0 aliphatic carbocycles. The van der Waals surface area contributed by atoms with Gasteiger partial charge in [0.05, 0.1) is 11.9 Å². The third-order valence-electron chi connectivity index (χ3n) is 5.91. The first kappa shape index (κ1) is 29.6. The van der Waals surface area contributed by atoms with Crippen LogP contribution in [-0.2, 0) is 26.2 Å². The summed E-state index contributed by atoms with van der Waals surface area (Å²) >= 11 is 6.00. The third kappa shape index (κ3) is 9.13. The van der Waals surface area contributed by atoms with Gasteiger partial charge in [-0.1, -0.05) is 43.1 Å². The van der Waals surface area contributed by atoms with Gasteiger partial charge in [0.15, 0.2) is 0 Å². The molecule has 0 bridgehead atoms. The Hall–Kier alpha value is -2.58. The topological polar surface area (TPSA) is 86.8 Å². The van der Waals surface area contributed by atoms with Crippen LogP contribution in [0.4, 0.5) is 5.69 Å². The summed E-state index contributed by atoms with van der Waals surface area (Å²) < 4.78 is 26.4. The minimum absolute atomic E-state index is 0.108. The van der Waals surface area contributed by atoms with Crippen LogP contribution in [0.2, 0.25) is 5.02 Å². The van der Waals surface area contributed by atoms with Crippen molar-refractivity contribution < 1.29 is 18.0 Å². The molecule has 7 nitrogen and oxygen atoms in total. The van der Waals surface area contributed by atoms with Gasteiger partial charge in [-0.2, -0.15) is 0 Å². The van der Waals surface area contributed by atoms with Crippen molar-refractivity contribution in [3.63, 3.8) is 0 Å². The van der Waals surface area contributed by atoms with Gasteiger partial charge in [-0.05, 0) is 74.6 Å². The van der Waals surface area contributed by atoms with Crippen LogP contribution >= 0.6 is 11.6 Å². The van der Waals surface area contributed by atoms with Crippen molar-refractivity contribution in [3.05, 3.63) is 64.2 Å². The van der Waals surface area contributed by atoms with E-state index in [9.17, 15) is 18.0 Å². The van der Waals surface area contributed by atoms with Crippen molar-refractivity contribution in [2.45, 2.75) is 66.0 Å². The zero-order chi connectivity index (χ0) is 26.9. The fourth-order valence-electron chi connectivity index (χ4n) is 4.00. The molecule has 198 valence electrons. The molecule has 0 spiro atoms. The molecule has 0 aliphatic rings. The fraction of sp³-hybridized carbons (Fsp3) is 0.481. The number of aryl methyl sites for hydroxylation is 2. The molecule has 36 heavy (non-hydrogen) atoms. The van der Waals surface area contributed by atoms with Crippen molar-refractivity contribution >= 4 is 39.1 Å². The van der Waals surface area contributed by atoms with Crippen LogP contribution in [0.25, 0.3) is 0 Å². The molecule has 2 rings (SSSR count). The Kier molecular flexibility index (Phi) is 11.2. The second-order valence-corrected chi connectivity index (χ2v) is 11.6. The zero-order valence-corrected chi connectivity index (χ0v) is 23.5. The highest BCUT2D eigenvalue weighted by Crippen LogP contribution is 2.22. The lowest BCUT2D eigenvalue weighted by Gasteiger charge is -2.29. The number of anilines is 1. The normalized spacial score (nSPS) is 12.2. The number of amides is 2. The van der Waals surface area contributed by atoms with Crippen molar-refractivity contribution in [3.8, 4) is 0 Å². The minimum Gasteiger partial charge on any atom is -0.354 e. The molecule has 2 aromatic rings. The number of unbranched alkanes of at least 4 members (excludes halogenated alkanes) is 1. The van der Waals surface area contributed by atoms with E-state index in [4.69, 9.17) is 11.6 Å². The van der Waals surface area contributed by atoms with Gasteiger partial charge in [0.1, 0.15) is 6.04 Å². The average molecular weight is 536 g/mol. The summed E-state index contributed by atoms with van der Waals surface area (Å²) in [6.07, 6.45) is 3.42. The van der Waals surface area contributed by atoms with E-state index in [1.165, 1.54) is 10.6 Å². The summed E-state index contributed by atoms with van der Waals surface area (Å²) in [4.78, 5) is 27.6. The molecule has 0 heterocycles. The van der Waals surface area contributed by atoms with Gasteiger partial charge < -0.3 is 10.2 Å². The Morgan fingerprint density at radius 2 is 1.64 bits per heavy atom. The number of hydrogen-bond donors (Lipinski definition) is 1. The Morgan fingerprint density at radius 3 is 2.19 bits per heavy atom. The molecule has 0 aromatic heterocycles. The molecule has 0 unspecified atom stereocenters. The van der Waals surface area contributed by atoms with Gasteiger partial charge in [0.2, 0.25) is 21.8 Å². The lowest BCUT2D eigenvalue weighted by atomic mass is 10.1. The van der Waals surface area contributed by atoms with E-state index in [1.54, 1.807) is 24.0 Å². The van der Waals surface area contributed by atoms with Crippen molar-refractivity contribution in [1.82, 2.24) is 10.2 Å². The van der Waals surface area contributed by atoms with E-state index in [0.29, 0.717) is 23.7 Å². The Labute approximate surface area is 220 Å². The minimum atomic E-state index is -3.53. The molecule has 2 aromatic carbocycles. The first-order chi connectivity index (χ1) is 16.9. The fourth-order valence-corrected chi connectivity index (χ4v) is 5.08. The van der Waals surface area contributed by atoms with E-state index < -0.39 is 16.1 Å². The largest absolute Gasteiger partial charge is 0.354 e. The summed E-state index contributed by atoms with van der Waals surface area (Å²) in [5, 5.41) is 3.49. The highest BCUT2D eigenvalue weighted by molar-refractivity contribution is 7.92. The van der Waals surface area contributed by atoms with E-state index in [-0.39, 0.29) is 31.3 Å². The van der Waals surface area contributed by atoms with Crippen LogP contribution in [0.1, 0.15) is 56.2 Å². The van der Waals surface area contributed by atoms with Crippen LogP contribution in [0, 0.1) is 13.8 Å². The van der Waals surface area contributed by atoms with E-state index >= 15 is 0 Å². The van der Waals surface area contributed by atoms with Gasteiger partial charge in [-0.25, -0.2) is 8.42 Å². The standard InChI is InChI=1S/C27H38ClN3O4S/c1-6-7-14-29-27(33)22(4)30(19-23-10-12-24(28)13-11-23)26(32)9-8-15-31(36(5,34)35)25-17-20(2)16-21(3)18-25/h10-13,16-18,22H,6-9,14-15,19H2,1-5H3,(H,29,33)/t22-/m0/s1. The number of nitrogens with one attached hydrogen (secondary N) is 1. The lowest BCUT2D eigenvalue weighted by Crippen LogP contribution is -2.47. The van der Waals surface area contributed by atoms with Crippen molar-refractivity contribution in [2.75, 3.05) is 23.7 Å². The van der Waals surface area contributed by atoms with E-state index in [2.05, 4.69) is 5.32 Å². The van der Waals surface area contributed by atoms with Crippen LogP contribution in [0.5, 0.6) is 0 Å². The first-order valence-corrected chi connectivity index (χ1v) is 14.5. The summed E-state index contributed by atoms with van der Waals surface area (Å²) in [5.41, 5.74) is 3.37. The highest BCUT2D eigenvalue weighted by Gasteiger charge is 2.26. The number of rotatable bonds is 13. The molecule has 0 aliphatic heterocycles. The van der Waals surface area contributed by atoms with Gasteiger partial charge in [0.25, 0.3) is 0 Å². The molecule has 1 N–H and O–H groups in total. The SMILES string of the molecule is CCCCNC(=O)[C@H](C)N(Cc1ccc(Cl)cc1)C(=O)CCCN(c1cc(C)cc(C)c1)S(C)(=O)=O. The zero-order valence-electron chi connectivity index (χ0n) is 21.9. The van der Waals surface area contributed by atoms with Crippen LogP contribution in [-0.4, -0.2) is 50.5 Å². The van der Waals surface area contributed by atoms with Gasteiger partial charge >= 0.3 is 0 Å². The van der Waals surface area contributed by atoms with Gasteiger partial charge in [-0.3, -0.25) is 13.9 Å². The predicted molar refractivity (Wildman–Crippen MR) is 147 cm³/mol. The lowest BCUT2D eigenvalue weighted by molar-refractivity contribution is -0.140. The maximum atomic E-state index is 13.3. The molecule has 0 fully saturated rings. The van der Waals surface area contributed by atoms with Crippen LogP contribution < -0.4 is 9.62 Å². The number of carbonyl (C=O) groups is 2. The average Bonchev–Trinajstić information content (AvgIpc) is 2.79. The first-order valence-electron chi connectivity index (χ1n) is 12.3. The Morgan fingerprint density at radius 1 is 1.03 bits per heavy atom. The predicted octanol–water partition coefficient (Wildman–Crippen LogP) is 4.84. The summed E-state index contributed by atoms with van der Waals surface area (Å²) in [6.45, 7) is 8.58. The van der Waals surface area contributed by atoms with Crippen LogP contribution in [0.15, 0.2) is 42.5 Å². The smallest absolute Gasteiger partial charge is 0.242 e. The van der Waals surface area contributed by atoms with Crippen molar-refractivity contribution in [2.24, 2.45) is 0 Å². The monoisotopic (exact) mass is 535 g/mol.